The molecule has 1 saturated carbocycles. The molecule has 4 atom stereocenters. The van der Waals surface area contributed by atoms with E-state index in [0.29, 0.717) is 23.5 Å². The summed E-state index contributed by atoms with van der Waals surface area (Å²) < 4.78 is 5.63. The number of carbonyl (C=O) groups excluding carboxylic acids is 3. The van der Waals surface area contributed by atoms with Crippen LogP contribution >= 0.6 is 0 Å². The van der Waals surface area contributed by atoms with Crippen molar-refractivity contribution in [1.29, 1.82) is 0 Å². The summed E-state index contributed by atoms with van der Waals surface area (Å²) in [7, 11) is 3.13. The Morgan fingerprint density at radius 2 is 1.87 bits per heavy atom. The molecule has 1 amide bonds. The fraction of sp³-hybridized carbons (Fsp3) is 0.345. The summed E-state index contributed by atoms with van der Waals surface area (Å²) in [5.41, 5.74) is 3.80. The van der Waals surface area contributed by atoms with Crippen molar-refractivity contribution in [2.24, 2.45) is 17.6 Å². The average molecular weight is 535 g/mol. The monoisotopic (exact) mass is 534 g/mol. The van der Waals surface area contributed by atoms with Crippen LogP contribution < -0.4 is 10.5 Å². The van der Waals surface area contributed by atoms with Gasteiger partial charge >= 0.3 is 0 Å². The molecular weight excluding hydrogens is 504 g/mol. The maximum absolute atomic E-state index is 13.9. The predicted octanol–water partition coefficient (Wildman–Crippen LogP) is 2.03. The molecule has 0 saturated heterocycles. The van der Waals surface area contributed by atoms with Crippen molar-refractivity contribution < 1.29 is 39.5 Å². The summed E-state index contributed by atoms with van der Waals surface area (Å²) in [6.45, 7) is 2.35. The first kappa shape index (κ1) is 26.5. The number of benzene rings is 2. The van der Waals surface area contributed by atoms with E-state index in [1.165, 1.54) is 11.0 Å². The molecule has 0 aromatic heterocycles. The molecule has 0 radical (unpaired) electrons. The lowest BCUT2D eigenvalue weighted by Crippen LogP contribution is -2.65. The van der Waals surface area contributed by atoms with E-state index >= 15 is 0 Å². The number of aliphatic hydroxyl groups is 3. The van der Waals surface area contributed by atoms with Gasteiger partial charge in [-0.25, -0.2) is 0 Å². The molecule has 10 nitrogen and oxygen atoms in total. The number of phenolic OH excluding ortho intramolecular Hbond substituents is 1. The van der Waals surface area contributed by atoms with Crippen LogP contribution in [0.4, 0.5) is 0 Å². The van der Waals surface area contributed by atoms with E-state index in [2.05, 4.69) is 0 Å². The van der Waals surface area contributed by atoms with Crippen molar-refractivity contribution in [3.8, 4) is 22.6 Å². The molecule has 39 heavy (non-hydrogen) atoms. The van der Waals surface area contributed by atoms with Gasteiger partial charge in [0.25, 0.3) is 5.91 Å². The Kier molecular flexibility index (Phi) is 6.27. The molecule has 2 aromatic rings. The van der Waals surface area contributed by atoms with E-state index < -0.39 is 58.0 Å². The van der Waals surface area contributed by atoms with Gasteiger partial charge in [0.2, 0.25) is 5.78 Å². The van der Waals surface area contributed by atoms with Crippen LogP contribution in [0.25, 0.3) is 16.9 Å². The van der Waals surface area contributed by atoms with E-state index in [0.717, 1.165) is 5.56 Å². The lowest BCUT2D eigenvalue weighted by Gasteiger charge is -2.50. The Labute approximate surface area is 224 Å². The van der Waals surface area contributed by atoms with Gasteiger partial charge in [0.15, 0.2) is 11.4 Å². The molecular formula is C29H30N2O8. The average Bonchev–Trinajstić information content (AvgIpc) is 2.86. The summed E-state index contributed by atoms with van der Waals surface area (Å²) in [4.78, 5) is 40.7. The fourth-order valence-corrected chi connectivity index (χ4v) is 6.43. The minimum Gasteiger partial charge on any atom is -0.508 e. The van der Waals surface area contributed by atoms with Crippen molar-refractivity contribution in [2.75, 3.05) is 20.7 Å². The third kappa shape index (κ3) is 3.74. The molecule has 0 spiro atoms. The number of primary amides is 1. The molecule has 6 N–H and O–H groups in total. The van der Waals surface area contributed by atoms with Crippen LogP contribution in [-0.4, -0.2) is 75.1 Å². The van der Waals surface area contributed by atoms with E-state index in [1.807, 2.05) is 31.2 Å². The number of ketones is 2. The van der Waals surface area contributed by atoms with E-state index in [9.17, 15) is 34.8 Å². The SMILES string of the molecule is CCOc1cccc(-c2ccc(O)c3c2C[C@H]2C[C@H]4[C@@H](N(C)C)C(=O)C(C(N)=O)=C(O)[C@@]4(O)C(=O)C2=C3O)c1. The Morgan fingerprint density at radius 1 is 1.15 bits per heavy atom. The molecule has 204 valence electrons. The number of aromatic hydroxyl groups is 1. The number of nitrogens with zero attached hydrogens (tertiary/aromatic N) is 1. The third-order valence-corrected chi connectivity index (χ3v) is 8.06. The highest BCUT2D eigenvalue weighted by molar-refractivity contribution is 6.24. The highest BCUT2D eigenvalue weighted by atomic mass is 16.5. The Morgan fingerprint density at radius 3 is 2.51 bits per heavy atom. The van der Waals surface area contributed by atoms with Crippen LogP contribution in [0, 0.1) is 11.8 Å². The number of Topliss-reactive ketones (excluding diaryl/α,β-unsaturated/α-hetero) is 2. The van der Waals surface area contributed by atoms with Gasteiger partial charge in [0, 0.05) is 11.5 Å². The van der Waals surface area contributed by atoms with Crippen LogP contribution in [0.1, 0.15) is 24.5 Å². The van der Waals surface area contributed by atoms with Crippen molar-refractivity contribution in [3.63, 3.8) is 0 Å². The molecule has 3 aliphatic carbocycles. The first-order chi connectivity index (χ1) is 18.4. The van der Waals surface area contributed by atoms with E-state index in [1.54, 1.807) is 20.2 Å². The number of rotatable bonds is 5. The lowest BCUT2D eigenvalue weighted by molar-refractivity contribution is -0.153. The molecule has 0 unspecified atom stereocenters. The van der Waals surface area contributed by atoms with Crippen LogP contribution in [-0.2, 0) is 20.8 Å². The number of ether oxygens (including phenoxy) is 1. The van der Waals surface area contributed by atoms with Crippen LogP contribution in [0.3, 0.4) is 0 Å². The minimum atomic E-state index is -2.66. The molecule has 2 aromatic carbocycles. The molecule has 10 heteroatoms. The summed E-state index contributed by atoms with van der Waals surface area (Å²) >= 11 is 0. The number of fused-ring (bicyclic) bond motifs is 3. The number of phenols is 1. The zero-order valence-corrected chi connectivity index (χ0v) is 21.8. The number of hydrogen-bond donors (Lipinski definition) is 5. The topological polar surface area (TPSA) is 171 Å². The number of amides is 1. The van der Waals surface area contributed by atoms with Crippen LogP contribution in [0.15, 0.2) is 53.3 Å². The van der Waals surface area contributed by atoms with Crippen molar-refractivity contribution >= 4 is 23.2 Å². The summed E-state index contributed by atoms with van der Waals surface area (Å²) in [6, 6.07) is 9.35. The zero-order chi connectivity index (χ0) is 28.4. The van der Waals surface area contributed by atoms with Crippen molar-refractivity contribution in [2.45, 2.75) is 31.4 Å². The lowest BCUT2D eigenvalue weighted by atomic mass is 9.57. The molecule has 0 aliphatic heterocycles. The second-order valence-electron chi connectivity index (χ2n) is 10.4. The highest BCUT2D eigenvalue weighted by Gasteiger charge is 2.64. The van der Waals surface area contributed by atoms with Gasteiger partial charge in [0.1, 0.15) is 28.6 Å². The number of aliphatic hydroxyl groups excluding tert-OH is 2. The fourth-order valence-electron chi connectivity index (χ4n) is 6.43. The van der Waals surface area contributed by atoms with Crippen LogP contribution in [0.5, 0.6) is 11.5 Å². The second-order valence-corrected chi connectivity index (χ2v) is 10.4. The normalized spacial score (nSPS) is 26.3. The van der Waals surface area contributed by atoms with Crippen molar-refractivity contribution in [3.05, 3.63) is 64.4 Å². The number of hydrogen-bond acceptors (Lipinski definition) is 9. The van der Waals surface area contributed by atoms with Gasteiger partial charge in [0.05, 0.1) is 18.2 Å². The first-order valence-electron chi connectivity index (χ1n) is 12.7. The molecule has 0 bridgehead atoms. The summed E-state index contributed by atoms with van der Waals surface area (Å²) in [5.74, 6) is -6.11. The highest BCUT2D eigenvalue weighted by Crippen LogP contribution is 2.53. The summed E-state index contributed by atoms with van der Waals surface area (Å²) in [6.07, 6.45) is 0.233. The molecule has 1 fully saturated rings. The Balaban J connectivity index is 1.72. The van der Waals surface area contributed by atoms with E-state index in [4.69, 9.17) is 10.5 Å². The minimum absolute atomic E-state index is 0.0276. The van der Waals surface area contributed by atoms with Gasteiger partial charge in [-0.05, 0) is 74.7 Å². The molecule has 3 aliphatic rings. The van der Waals surface area contributed by atoms with Gasteiger partial charge in [-0.3, -0.25) is 19.3 Å². The van der Waals surface area contributed by atoms with E-state index in [-0.39, 0.29) is 29.7 Å². The van der Waals surface area contributed by atoms with Crippen molar-refractivity contribution in [1.82, 2.24) is 4.90 Å². The summed E-state index contributed by atoms with van der Waals surface area (Å²) in [5, 5.41) is 44.8. The van der Waals surface area contributed by atoms with Gasteiger partial charge < -0.3 is 30.9 Å². The quantitative estimate of drug-likeness (QED) is 0.360. The number of nitrogens with two attached hydrogens (primary N) is 1. The van der Waals surface area contributed by atoms with Gasteiger partial charge in [-0.15, -0.1) is 0 Å². The van der Waals surface area contributed by atoms with Gasteiger partial charge in [-0.2, -0.15) is 0 Å². The maximum Gasteiger partial charge on any atom is 0.255 e. The molecule has 0 heterocycles. The second kappa shape index (κ2) is 9.25. The standard InChI is InChI=1S/C29H30N2O8/c1-4-39-15-7-5-6-13(10-15)16-8-9-19(32)21-17(16)11-14-12-18-23(31(2)3)25(34)22(28(30)37)27(36)29(18,38)26(35)20(14)24(21)33/h5-10,14,18,23,32-33,36,38H,4,11-12H2,1-3H3,(H2,30,37)/t14-,18-,23+,29-/m0/s1. The number of likely N-dealkylation sites (N-methyl/N-ethyl adjacent to an activating group) is 1. The largest absolute Gasteiger partial charge is 0.508 e. The van der Waals surface area contributed by atoms with Crippen LogP contribution in [0.2, 0.25) is 0 Å². The number of carbonyl (C=O) groups is 3. The smallest absolute Gasteiger partial charge is 0.255 e. The Hall–Kier alpha value is -4.15. The third-order valence-electron chi connectivity index (χ3n) is 8.06. The van der Waals surface area contributed by atoms with Gasteiger partial charge in [-0.1, -0.05) is 18.2 Å². The first-order valence-corrected chi connectivity index (χ1v) is 12.7. The zero-order valence-electron chi connectivity index (χ0n) is 21.8. The predicted molar refractivity (Wildman–Crippen MR) is 141 cm³/mol. The Bertz CT molecular complexity index is 1490. The maximum atomic E-state index is 13.9. The molecule has 5 rings (SSSR count).